The van der Waals surface area contributed by atoms with Crippen molar-refractivity contribution in [3.8, 4) is 5.75 Å². The Balaban J connectivity index is 1.96. The number of rotatable bonds is 3. The lowest BCUT2D eigenvalue weighted by molar-refractivity contribution is -0.147. The van der Waals surface area contributed by atoms with E-state index in [1.165, 1.54) is 7.11 Å². The number of ether oxygens (including phenoxy) is 1. The Labute approximate surface area is 178 Å². The molecule has 3 atom stereocenters. The van der Waals surface area contributed by atoms with Gasteiger partial charge in [-0.05, 0) is 36.5 Å². The Bertz CT molecular complexity index is 1100. The van der Waals surface area contributed by atoms with Crippen LogP contribution in [-0.4, -0.2) is 59.6 Å². The van der Waals surface area contributed by atoms with Gasteiger partial charge in [0.15, 0.2) is 11.4 Å². The zero-order chi connectivity index (χ0) is 22.8. The van der Waals surface area contributed by atoms with Crippen molar-refractivity contribution in [2.24, 2.45) is 17.6 Å². The molecule has 0 bridgehead atoms. The number of amides is 1. The number of ketones is 2. The summed E-state index contributed by atoms with van der Waals surface area (Å²) in [6.07, 6.45) is 0.229. The fourth-order valence-electron chi connectivity index (χ4n) is 5.18. The number of Topliss-reactive ketones (excluding diaryl/α,β-unsaturated/α-hetero) is 2. The van der Waals surface area contributed by atoms with Gasteiger partial charge in [0.05, 0.1) is 12.7 Å². The van der Waals surface area contributed by atoms with Gasteiger partial charge in [-0.2, -0.15) is 0 Å². The number of aliphatic hydroxyl groups excluding tert-OH is 2. The quantitative estimate of drug-likeness (QED) is 0.516. The Hall–Kier alpha value is -3.33. The average Bonchev–Trinajstić information content (AvgIpc) is 2.69. The Morgan fingerprint density at radius 1 is 1.23 bits per heavy atom. The van der Waals surface area contributed by atoms with Gasteiger partial charge in [-0.15, -0.1) is 0 Å². The standard InChI is InChI=1S/C22H24N2O7/c1-24(2)12-4-5-14(31-3)16-11(12)7-9-6-10-8-13(25)17(21(23)29)20(28)22(10,30)19(27)15(9)18(16)26/h4-5,9-10,26,28,30H,6-8H2,1-3H3,(H2,23,29). The summed E-state index contributed by atoms with van der Waals surface area (Å²) >= 11 is 0. The maximum Gasteiger partial charge on any atom is 0.255 e. The highest BCUT2D eigenvalue weighted by Crippen LogP contribution is 2.53. The summed E-state index contributed by atoms with van der Waals surface area (Å²) in [5, 5.41) is 33.0. The van der Waals surface area contributed by atoms with E-state index in [0.717, 1.165) is 11.3 Å². The van der Waals surface area contributed by atoms with Crippen LogP contribution in [-0.2, 0) is 20.8 Å². The van der Waals surface area contributed by atoms with Crippen molar-refractivity contribution in [1.29, 1.82) is 0 Å². The molecule has 4 rings (SSSR count). The van der Waals surface area contributed by atoms with Crippen molar-refractivity contribution < 1.29 is 34.4 Å². The van der Waals surface area contributed by atoms with E-state index in [-0.39, 0.29) is 24.2 Å². The number of methoxy groups -OCH3 is 1. The fourth-order valence-corrected chi connectivity index (χ4v) is 5.18. The largest absolute Gasteiger partial charge is 0.508 e. The molecule has 1 aromatic carbocycles. The summed E-state index contributed by atoms with van der Waals surface area (Å²) in [5.41, 5.74) is 3.85. The van der Waals surface area contributed by atoms with Gasteiger partial charge in [0.25, 0.3) is 5.91 Å². The monoisotopic (exact) mass is 428 g/mol. The van der Waals surface area contributed by atoms with Gasteiger partial charge in [-0.3, -0.25) is 14.4 Å². The van der Waals surface area contributed by atoms with Crippen LogP contribution in [0.4, 0.5) is 5.69 Å². The molecule has 1 saturated carbocycles. The molecule has 0 heterocycles. The summed E-state index contributed by atoms with van der Waals surface area (Å²) in [5.74, 6) is -5.29. The first kappa shape index (κ1) is 20.9. The lowest BCUT2D eigenvalue weighted by Crippen LogP contribution is -2.58. The van der Waals surface area contributed by atoms with Crippen molar-refractivity contribution in [3.63, 3.8) is 0 Å². The number of nitrogens with zero attached hydrogens (tertiary/aromatic N) is 1. The highest BCUT2D eigenvalue weighted by Gasteiger charge is 2.60. The van der Waals surface area contributed by atoms with E-state index in [2.05, 4.69) is 0 Å². The highest BCUT2D eigenvalue weighted by molar-refractivity contribution is 6.22. The van der Waals surface area contributed by atoms with Crippen LogP contribution in [0, 0.1) is 11.8 Å². The first-order valence-electron chi connectivity index (χ1n) is 9.88. The topological polar surface area (TPSA) is 150 Å². The lowest BCUT2D eigenvalue weighted by atomic mass is 9.59. The molecule has 1 amide bonds. The van der Waals surface area contributed by atoms with E-state index >= 15 is 0 Å². The van der Waals surface area contributed by atoms with Crippen molar-refractivity contribution in [2.75, 3.05) is 26.1 Å². The number of nitrogens with two attached hydrogens (primary N) is 1. The van der Waals surface area contributed by atoms with Crippen molar-refractivity contribution in [3.05, 3.63) is 40.2 Å². The molecule has 3 unspecified atom stereocenters. The molecule has 5 N–H and O–H groups in total. The van der Waals surface area contributed by atoms with Gasteiger partial charge in [-0.25, -0.2) is 0 Å². The number of carbonyl (C=O) groups excluding carboxylic acids is 3. The van der Waals surface area contributed by atoms with Gasteiger partial charge in [0.1, 0.15) is 22.8 Å². The first-order valence-corrected chi connectivity index (χ1v) is 9.88. The number of benzene rings is 1. The molecular weight excluding hydrogens is 404 g/mol. The smallest absolute Gasteiger partial charge is 0.255 e. The minimum atomic E-state index is -2.50. The molecule has 9 nitrogen and oxygen atoms in total. The van der Waals surface area contributed by atoms with Crippen LogP contribution in [0.2, 0.25) is 0 Å². The van der Waals surface area contributed by atoms with E-state index in [4.69, 9.17) is 10.5 Å². The lowest BCUT2D eigenvalue weighted by Gasteiger charge is -2.46. The Kier molecular flexibility index (Phi) is 4.62. The maximum atomic E-state index is 13.5. The van der Waals surface area contributed by atoms with Crippen LogP contribution < -0.4 is 15.4 Å². The van der Waals surface area contributed by atoms with E-state index in [9.17, 15) is 29.7 Å². The maximum absolute atomic E-state index is 13.5. The van der Waals surface area contributed by atoms with Crippen molar-refractivity contribution >= 4 is 28.9 Å². The minimum Gasteiger partial charge on any atom is -0.508 e. The van der Waals surface area contributed by atoms with E-state index in [1.807, 2.05) is 25.1 Å². The molecule has 0 aliphatic heterocycles. The summed E-state index contributed by atoms with van der Waals surface area (Å²) < 4.78 is 5.40. The molecule has 0 aromatic heterocycles. The molecular formula is C22H24N2O7. The summed E-state index contributed by atoms with van der Waals surface area (Å²) in [4.78, 5) is 39.4. The minimum absolute atomic E-state index is 0.0508. The van der Waals surface area contributed by atoms with Gasteiger partial charge in [0, 0.05) is 37.7 Å². The number of anilines is 1. The third-order valence-electron chi connectivity index (χ3n) is 6.61. The Morgan fingerprint density at radius 3 is 2.48 bits per heavy atom. The second-order valence-corrected chi connectivity index (χ2v) is 8.44. The third kappa shape index (κ3) is 2.69. The van der Waals surface area contributed by atoms with Crippen LogP contribution >= 0.6 is 0 Å². The predicted octanol–water partition coefficient (Wildman–Crippen LogP) is 0.793. The van der Waals surface area contributed by atoms with Crippen LogP contribution in [0.5, 0.6) is 5.75 Å². The SMILES string of the molecule is COc1ccc(N(C)C)c2c1C(O)=C1C(=O)C3(O)C(O)=C(C(N)=O)C(=O)CC3CC1C2. The zero-order valence-corrected chi connectivity index (χ0v) is 17.4. The molecule has 0 spiro atoms. The van der Waals surface area contributed by atoms with Crippen molar-refractivity contribution in [2.45, 2.75) is 24.9 Å². The number of hydrogen-bond acceptors (Lipinski definition) is 8. The average molecular weight is 428 g/mol. The zero-order valence-electron chi connectivity index (χ0n) is 17.4. The van der Waals surface area contributed by atoms with E-state index < -0.39 is 46.2 Å². The molecule has 3 aliphatic carbocycles. The fraction of sp³-hybridized carbons (Fsp3) is 0.409. The van der Waals surface area contributed by atoms with Gasteiger partial charge >= 0.3 is 0 Å². The van der Waals surface area contributed by atoms with Crippen LogP contribution in [0.3, 0.4) is 0 Å². The molecule has 31 heavy (non-hydrogen) atoms. The highest BCUT2D eigenvalue weighted by atomic mass is 16.5. The van der Waals surface area contributed by atoms with E-state index in [1.54, 1.807) is 6.07 Å². The molecule has 0 saturated heterocycles. The first-order chi connectivity index (χ1) is 14.5. The van der Waals surface area contributed by atoms with Gasteiger partial charge in [-0.1, -0.05) is 0 Å². The number of aliphatic hydroxyl groups is 3. The van der Waals surface area contributed by atoms with Gasteiger partial charge < -0.3 is 30.7 Å². The normalized spacial score (nSPS) is 27.5. The number of fused-ring (bicyclic) bond motifs is 3. The van der Waals surface area contributed by atoms with Crippen LogP contribution in [0.1, 0.15) is 24.0 Å². The summed E-state index contributed by atoms with van der Waals surface area (Å²) in [7, 11) is 5.16. The number of primary amides is 1. The molecule has 1 fully saturated rings. The summed E-state index contributed by atoms with van der Waals surface area (Å²) in [6.45, 7) is 0. The second kappa shape index (κ2) is 6.84. The molecule has 9 heteroatoms. The second-order valence-electron chi connectivity index (χ2n) is 8.44. The van der Waals surface area contributed by atoms with E-state index in [0.29, 0.717) is 17.7 Å². The molecule has 3 aliphatic rings. The van der Waals surface area contributed by atoms with Gasteiger partial charge in [0.2, 0.25) is 5.78 Å². The molecule has 1 aromatic rings. The molecule has 164 valence electrons. The van der Waals surface area contributed by atoms with Crippen LogP contribution in [0.15, 0.2) is 29.0 Å². The molecule has 0 radical (unpaired) electrons. The van der Waals surface area contributed by atoms with Crippen molar-refractivity contribution in [1.82, 2.24) is 0 Å². The Morgan fingerprint density at radius 2 is 1.90 bits per heavy atom. The number of hydrogen-bond donors (Lipinski definition) is 4. The summed E-state index contributed by atoms with van der Waals surface area (Å²) in [6, 6.07) is 3.53. The third-order valence-corrected chi connectivity index (χ3v) is 6.61. The number of carbonyl (C=O) groups is 3. The van der Waals surface area contributed by atoms with Crippen LogP contribution in [0.25, 0.3) is 5.76 Å². The predicted molar refractivity (Wildman–Crippen MR) is 111 cm³/mol.